The van der Waals surface area contributed by atoms with Crippen LogP contribution < -0.4 is 0 Å². The van der Waals surface area contributed by atoms with Gasteiger partial charge < -0.3 is 0 Å². The number of carbonyl (C=O) groups is 1. The van der Waals surface area contributed by atoms with Crippen LogP contribution in [0.2, 0.25) is 0 Å². The van der Waals surface area contributed by atoms with Crippen LogP contribution >= 0.6 is 0 Å². The van der Waals surface area contributed by atoms with Crippen molar-refractivity contribution in [1.82, 2.24) is 0 Å². The van der Waals surface area contributed by atoms with E-state index in [1.807, 2.05) is 6.08 Å². The fourth-order valence-electron chi connectivity index (χ4n) is 1.25. The van der Waals surface area contributed by atoms with Crippen LogP contribution in [-0.2, 0) is 4.79 Å². The first kappa shape index (κ1) is 13.4. The molecule has 14 heavy (non-hydrogen) atoms. The highest BCUT2D eigenvalue weighted by Crippen LogP contribution is 2.21. The topological polar surface area (TPSA) is 17.1 Å². The Morgan fingerprint density at radius 1 is 1.14 bits per heavy atom. The summed E-state index contributed by atoms with van der Waals surface area (Å²) < 4.78 is 0. The molecule has 0 radical (unpaired) electrons. The molecule has 0 amide bonds. The molecule has 0 aliphatic carbocycles. The van der Waals surface area contributed by atoms with Crippen LogP contribution in [0.5, 0.6) is 0 Å². The monoisotopic (exact) mass is 196 g/mol. The summed E-state index contributed by atoms with van der Waals surface area (Å²) >= 11 is 0. The van der Waals surface area contributed by atoms with Gasteiger partial charge in [0.2, 0.25) is 0 Å². The van der Waals surface area contributed by atoms with Gasteiger partial charge in [0.25, 0.3) is 0 Å². The fraction of sp³-hybridized carbons (Fsp3) is 0.769. The van der Waals surface area contributed by atoms with Crippen molar-refractivity contribution in [1.29, 1.82) is 0 Å². The van der Waals surface area contributed by atoms with Gasteiger partial charge in [0.1, 0.15) is 0 Å². The Kier molecular flexibility index (Phi) is 5.75. The van der Waals surface area contributed by atoms with E-state index >= 15 is 0 Å². The van der Waals surface area contributed by atoms with Gasteiger partial charge in [-0.05, 0) is 30.8 Å². The van der Waals surface area contributed by atoms with E-state index in [0.29, 0.717) is 12.2 Å². The first-order valence-electron chi connectivity index (χ1n) is 5.61. The van der Waals surface area contributed by atoms with Crippen LogP contribution in [-0.4, -0.2) is 5.78 Å². The summed E-state index contributed by atoms with van der Waals surface area (Å²) in [6.07, 6.45) is 5.50. The van der Waals surface area contributed by atoms with Gasteiger partial charge in [-0.1, -0.05) is 40.2 Å². The lowest BCUT2D eigenvalue weighted by atomic mass is 9.89. The van der Waals surface area contributed by atoms with Crippen molar-refractivity contribution < 1.29 is 4.79 Å². The second kappa shape index (κ2) is 6.00. The Labute approximate surface area is 88.6 Å². The zero-order valence-corrected chi connectivity index (χ0v) is 10.3. The Bertz CT molecular complexity index is 200. The van der Waals surface area contributed by atoms with Gasteiger partial charge in [-0.3, -0.25) is 4.79 Å². The molecule has 0 aromatic heterocycles. The van der Waals surface area contributed by atoms with E-state index in [-0.39, 0.29) is 5.41 Å². The molecule has 82 valence electrons. The molecule has 0 spiro atoms. The van der Waals surface area contributed by atoms with Crippen molar-refractivity contribution in [2.75, 3.05) is 0 Å². The average molecular weight is 196 g/mol. The van der Waals surface area contributed by atoms with E-state index < -0.39 is 0 Å². The minimum Gasteiger partial charge on any atom is -0.295 e. The number of carbonyl (C=O) groups excluding carboxylic acids is 1. The van der Waals surface area contributed by atoms with Crippen LogP contribution in [0.1, 0.15) is 60.3 Å². The normalized spacial score (nSPS) is 11.2. The summed E-state index contributed by atoms with van der Waals surface area (Å²) in [5.41, 5.74) is 1.53. The lowest BCUT2D eigenvalue weighted by Crippen LogP contribution is -2.07. The summed E-state index contributed by atoms with van der Waals surface area (Å²) in [7, 11) is 0. The van der Waals surface area contributed by atoms with Crippen molar-refractivity contribution in [3.63, 3.8) is 0 Å². The molecule has 0 saturated heterocycles. The SMILES string of the molecule is CCC(=CC(=O)CCC(C)(C)C)CC. The summed E-state index contributed by atoms with van der Waals surface area (Å²) in [4.78, 5) is 11.5. The molecule has 0 atom stereocenters. The second-order valence-corrected chi connectivity index (χ2v) is 5.04. The van der Waals surface area contributed by atoms with Crippen LogP contribution in [0.3, 0.4) is 0 Å². The predicted octanol–water partition coefficient (Wildman–Crippen LogP) is 4.13. The zero-order valence-electron chi connectivity index (χ0n) is 10.3. The van der Waals surface area contributed by atoms with E-state index in [9.17, 15) is 4.79 Å². The zero-order chi connectivity index (χ0) is 11.2. The quantitative estimate of drug-likeness (QED) is 0.604. The van der Waals surface area contributed by atoms with Crippen molar-refractivity contribution in [3.8, 4) is 0 Å². The van der Waals surface area contributed by atoms with Crippen molar-refractivity contribution in [3.05, 3.63) is 11.6 Å². The number of hydrogen-bond donors (Lipinski definition) is 0. The highest BCUT2D eigenvalue weighted by atomic mass is 16.1. The maximum atomic E-state index is 11.5. The van der Waals surface area contributed by atoms with Gasteiger partial charge in [-0.2, -0.15) is 0 Å². The molecule has 0 aliphatic heterocycles. The number of ketones is 1. The number of allylic oxidation sites excluding steroid dienone is 2. The highest BCUT2D eigenvalue weighted by Gasteiger charge is 2.11. The molecule has 0 aromatic rings. The molecule has 0 unspecified atom stereocenters. The van der Waals surface area contributed by atoms with Crippen LogP contribution in [0, 0.1) is 5.41 Å². The third kappa shape index (κ3) is 6.88. The second-order valence-electron chi connectivity index (χ2n) is 5.04. The third-order valence-corrected chi connectivity index (χ3v) is 2.39. The van der Waals surface area contributed by atoms with Gasteiger partial charge in [0.15, 0.2) is 5.78 Å². The summed E-state index contributed by atoms with van der Waals surface area (Å²) in [6.45, 7) is 10.7. The molecule has 0 aromatic carbocycles. The molecule has 0 aliphatic rings. The van der Waals surface area contributed by atoms with E-state index in [4.69, 9.17) is 0 Å². The van der Waals surface area contributed by atoms with Crippen molar-refractivity contribution in [2.45, 2.75) is 60.3 Å². The minimum absolute atomic E-state index is 0.266. The fourth-order valence-corrected chi connectivity index (χ4v) is 1.25. The molecule has 0 rings (SSSR count). The molecular formula is C13H24O. The summed E-state index contributed by atoms with van der Waals surface area (Å²) in [6, 6.07) is 0. The van der Waals surface area contributed by atoms with Gasteiger partial charge in [-0.25, -0.2) is 0 Å². The molecule has 0 bridgehead atoms. The minimum atomic E-state index is 0.266. The first-order valence-corrected chi connectivity index (χ1v) is 5.61. The van der Waals surface area contributed by atoms with Gasteiger partial charge in [0, 0.05) is 6.42 Å². The lowest BCUT2D eigenvalue weighted by molar-refractivity contribution is -0.115. The van der Waals surface area contributed by atoms with Crippen LogP contribution in [0.15, 0.2) is 11.6 Å². The van der Waals surface area contributed by atoms with E-state index in [2.05, 4.69) is 34.6 Å². The van der Waals surface area contributed by atoms with Crippen molar-refractivity contribution >= 4 is 5.78 Å². The molecule has 0 heterocycles. The number of hydrogen-bond acceptors (Lipinski definition) is 1. The van der Waals surface area contributed by atoms with Crippen LogP contribution in [0.4, 0.5) is 0 Å². The summed E-state index contributed by atoms with van der Waals surface area (Å²) in [5, 5.41) is 0. The van der Waals surface area contributed by atoms with Gasteiger partial charge >= 0.3 is 0 Å². The molecule has 0 saturated carbocycles. The standard InChI is InChI=1S/C13H24O/c1-6-11(7-2)10-12(14)8-9-13(3,4)5/h10H,6-9H2,1-5H3. The molecular weight excluding hydrogens is 172 g/mol. The molecule has 0 fully saturated rings. The Balaban J connectivity index is 4.04. The Hall–Kier alpha value is -0.590. The van der Waals surface area contributed by atoms with E-state index in [1.165, 1.54) is 5.57 Å². The van der Waals surface area contributed by atoms with E-state index in [0.717, 1.165) is 19.3 Å². The predicted molar refractivity (Wildman–Crippen MR) is 62.4 cm³/mol. The smallest absolute Gasteiger partial charge is 0.155 e. The maximum Gasteiger partial charge on any atom is 0.155 e. The summed E-state index contributed by atoms with van der Waals surface area (Å²) in [5.74, 6) is 0.290. The van der Waals surface area contributed by atoms with Crippen LogP contribution in [0.25, 0.3) is 0 Å². The van der Waals surface area contributed by atoms with E-state index in [1.54, 1.807) is 0 Å². The van der Waals surface area contributed by atoms with Gasteiger partial charge in [0.05, 0.1) is 0 Å². The lowest BCUT2D eigenvalue weighted by Gasteiger charge is -2.16. The average Bonchev–Trinajstić information content (AvgIpc) is 2.09. The molecule has 1 nitrogen and oxygen atoms in total. The largest absolute Gasteiger partial charge is 0.295 e. The molecule has 1 heteroatoms. The number of rotatable bonds is 5. The molecule has 0 N–H and O–H groups in total. The Morgan fingerprint density at radius 2 is 1.64 bits per heavy atom. The first-order chi connectivity index (χ1) is 6.39. The third-order valence-electron chi connectivity index (χ3n) is 2.39. The maximum absolute atomic E-state index is 11.5. The van der Waals surface area contributed by atoms with Crippen molar-refractivity contribution in [2.24, 2.45) is 5.41 Å². The van der Waals surface area contributed by atoms with Gasteiger partial charge in [-0.15, -0.1) is 0 Å². The highest BCUT2D eigenvalue weighted by molar-refractivity contribution is 5.90. The Morgan fingerprint density at radius 3 is 2.00 bits per heavy atom.